The summed E-state index contributed by atoms with van der Waals surface area (Å²) in [6.07, 6.45) is 3.81. The van der Waals surface area contributed by atoms with E-state index in [-0.39, 0.29) is 4.75 Å². The molecule has 1 aromatic carbocycles. The second-order valence-corrected chi connectivity index (χ2v) is 9.52. The minimum atomic E-state index is 0.0433. The smallest absolute Gasteiger partial charge is 0.0590 e. The molecule has 2 aromatic heterocycles. The highest BCUT2D eigenvalue weighted by Crippen LogP contribution is 2.54. The molecule has 0 bridgehead atoms. The van der Waals surface area contributed by atoms with Crippen LogP contribution in [0.5, 0.6) is 0 Å². The third-order valence-corrected chi connectivity index (χ3v) is 7.32. The number of benzene rings is 1. The molecule has 2 atom stereocenters. The largest absolute Gasteiger partial charge is 0.341 e. The van der Waals surface area contributed by atoms with Crippen LogP contribution in [0.4, 0.5) is 0 Å². The van der Waals surface area contributed by atoms with Gasteiger partial charge in [0.15, 0.2) is 0 Å². The number of likely N-dealkylation sites (N-methyl/N-ethyl adjacent to an activating group) is 1. The van der Waals surface area contributed by atoms with Gasteiger partial charge in [-0.2, -0.15) is 0 Å². The number of hydrogen-bond acceptors (Lipinski definition) is 3. The molecule has 128 valence electrons. The van der Waals surface area contributed by atoms with Crippen LogP contribution in [0.3, 0.4) is 0 Å². The minimum Gasteiger partial charge on any atom is -0.341 e. The third kappa shape index (κ3) is 2.35. The average Bonchev–Trinajstić information content (AvgIpc) is 2.89. The Morgan fingerprint density at radius 1 is 1.24 bits per heavy atom. The summed E-state index contributed by atoms with van der Waals surface area (Å²) in [6.45, 7) is 5.44. The number of thioether (sulfide) groups is 1. The van der Waals surface area contributed by atoms with Crippen molar-refractivity contribution in [1.29, 1.82) is 0 Å². The molecule has 2 unspecified atom stereocenters. The van der Waals surface area contributed by atoms with E-state index < -0.39 is 0 Å². The van der Waals surface area contributed by atoms with E-state index in [0.29, 0.717) is 5.25 Å². The zero-order chi connectivity index (χ0) is 17.2. The zero-order valence-electron chi connectivity index (χ0n) is 14.4. The van der Waals surface area contributed by atoms with Crippen LogP contribution in [0.15, 0.2) is 42.7 Å². The van der Waals surface area contributed by atoms with Gasteiger partial charge in [0.1, 0.15) is 0 Å². The molecule has 0 fully saturated rings. The van der Waals surface area contributed by atoms with E-state index in [4.69, 9.17) is 11.6 Å². The standard InChI is InChI=1S/C20H20ClN3S/c1-20(13-5-7-22-8-6-13)12-24-17-4-3-14(21)9-15(17)16-10-23(2)11-18(25-20)19(16)24/h3-9,18H,10-12H2,1-2H3. The first-order chi connectivity index (χ1) is 12.0. The van der Waals surface area contributed by atoms with Crippen molar-refractivity contribution in [3.05, 3.63) is 64.6 Å². The molecule has 3 nitrogen and oxygen atoms in total. The molecule has 0 radical (unpaired) electrons. The van der Waals surface area contributed by atoms with Crippen LogP contribution in [-0.2, 0) is 17.8 Å². The van der Waals surface area contributed by atoms with Crippen LogP contribution in [0.1, 0.15) is 29.0 Å². The van der Waals surface area contributed by atoms with Crippen LogP contribution in [0, 0.1) is 0 Å². The monoisotopic (exact) mass is 369 g/mol. The first kappa shape index (κ1) is 15.7. The Labute approximate surface area is 157 Å². The summed E-state index contributed by atoms with van der Waals surface area (Å²) in [7, 11) is 2.22. The minimum absolute atomic E-state index is 0.0433. The van der Waals surface area contributed by atoms with E-state index in [9.17, 15) is 0 Å². The Bertz CT molecular complexity index is 968. The maximum Gasteiger partial charge on any atom is 0.0590 e. The van der Waals surface area contributed by atoms with E-state index >= 15 is 0 Å². The van der Waals surface area contributed by atoms with E-state index in [1.54, 1.807) is 0 Å². The lowest BCUT2D eigenvalue weighted by Crippen LogP contribution is -2.38. The Morgan fingerprint density at radius 2 is 2.04 bits per heavy atom. The molecule has 0 saturated heterocycles. The number of nitrogens with zero attached hydrogens (tertiary/aromatic N) is 3. The van der Waals surface area contributed by atoms with Crippen molar-refractivity contribution in [2.24, 2.45) is 0 Å². The number of aromatic nitrogens is 2. The molecule has 0 spiro atoms. The van der Waals surface area contributed by atoms with Crippen molar-refractivity contribution in [1.82, 2.24) is 14.5 Å². The van der Waals surface area contributed by atoms with Gasteiger partial charge < -0.3 is 9.47 Å². The Morgan fingerprint density at radius 3 is 2.84 bits per heavy atom. The predicted molar refractivity (Wildman–Crippen MR) is 105 cm³/mol. The van der Waals surface area contributed by atoms with Crippen molar-refractivity contribution >= 4 is 34.3 Å². The van der Waals surface area contributed by atoms with E-state index in [2.05, 4.69) is 64.4 Å². The lowest BCUT2D eigenvalue weighted by Gasteiger charge is -2.43. The number of hydrogen-bond donors (Lipinski definition) is 0. The van der Waals surface area contributed by atoms with Crippen LogP contribution < -0.4 is 0 Å². The van der Waals surface area contributed by atoms with Crippen molar-refractivity contribution in [3.8, 4) is 0 Å². The lowest BCUT2D eigenvalue weighted by atomic mass is 10.00. The van der Waals surface area contributed by atoms with Gasteiger partial charge >= 0.3 is 0 Å². The second-order valence-electron chi connectivity index (χ2n) is 7.38. The van der Waals surface area contributed by atoms with Gasteiger partial charge in [-0.1, -0.05) is 11.6 Å². The average molecular weight is 370 g/mol. The highest BCUT2D eigenvalue weighted by Gasteiger charge is 2.42. The van der Waals surface area contributed by atoms with Crippen molar-refractivity contribution in [2.45, 2.75) is 30.0 Å². The molecule has 2 aliphatic heterocycles. The molecular weight excluding hydrogens is 350 g/mol. The highest BCUT2D eigenvalue weighted by atomic mass is 35.5. The summed E-state index contributed by atoms with van der Waals surface area (Å²) >= 11 is 8.41. The van der Waals surface area contributed by atoms with Gasteiger partial charge in [-0.25, -0.2) is 0 Å². The molecule has 0 aliphatic carbocycles. The molecule has 25 heavy (non-hydrogen) atoms. The van der Waals surface area contributed by atoms with Gasteiger partial charge in [0.2, 0.25) is 0 Å². The zero-order valence-corrected chi connectivity index (χ0v) is 15.9. The number of fused-ring (bicyclic) bond motifs is 3. The van der Waals surface area contributed by atoms with Gasteiger partial charge in [0.25, 0.3) is 0 Å². The summed E-state index contributed by atoms with van der Waals surface area (Å²) in [5.41, 5.74) is 5.63. The van der Waals surface area contributed by atoms with Crippen molar-refractivity contribution < 1.29 is 0 Å². The fraction of sp³-hybridized carbons (Fsp3) is 0.350. The van der Waals surface area contributed by atoms with E-state index in [1.165, 1.54) is 27.7 Å². The Hall–Kier alpha value is -1.49. The number of halogens is 1. The molecular formula is C20H20ClN3S. The molecule has 4 heterocycles. The molecule has 0 amide bonds. The maximum absolute atomic E-state index is 6.32. The van der Waals surface area contributed by atoms with Gasteiger partial charge in [-0.3, -0.25) is 4.98 Å². The topological polar surface area (TPSA) is 21.1 Å². The molecule has 5 rings (SSSR count). The van der Waals surface area contributed by atoms with E-state index in [1.807, 2.05) is 18.5 Å². The summed E-state index contributed by atoms with van der Waals surface area (Å²) in [6, 6.07) is 10.7. The summed E-state index contributed by atoms with van der Waals surface area (Å²) in [5.74, 6) is 0. The summed E-state index contributed by atoms with van der Waals surface area (Å²) in [5, 5.41) is 2.62. The number of pyridine rings is 1. The Kier molecular flexibility index (Phi) is 3.46. The van der Waals surface area contributed by atoms with E-state index in [0.717, 1.165) is 24.7 Å². The summed E-state index contributed by atoms with van der Waals surface area (Å²) < 4.78 is 2.59. The Balaban J connectivity index is 1.75. The molecule has 2 aliphatic rings. The predicted octanol–water partition coefficient (Wildman–Crippen LogP) is 4.84. The first-order valence-corrected chi connectivity index (χ1v) is 9.88. The van der Waals surface area contributed by atoms with Crippen molar-refractivity contribution in [2.75, 3.05) is 13.6 Å². The normalized spacial score (nSPS) is 26.0. The molecule has 0 saturated carbocycles. The fourth-order valence-electron chi connectivity index (χ4n) is 4.43. The SMILES string of the molecule is CN1Cc2c3n(c4ccc(Cl)cc24)CC(C)(c2ccncc2)SC3C1. The van der Waals surface area contributed by atoms with Crippen molar-refractivity contribution in [3.63, 3.8) is 0 Å². The number of rotatable bonds is 1. The van der Waals surface area contributed by atoms with Gasteiger partial charge in [-0.05, 0) is 55.4 Å². The molecule has 0 N–H and O–H groups in total. The highest BCUT2D eigenvalue weighted by molar-refractivity contribution is 8.00. The second kappa shape index (κ2) is 5.50. The quantitative estimate of drug-likeness (QED) is 0.612. The van der Waals surface area contributed by atoms with Gasteiger partial charge in [-0.15, -0.1) is 11.8 Å². The first-order valence-electron chi connectivity index (χ1n) is 8.62. The van der Waals surface area contributed by atoms with Gasteiger partial charge in [0.05, 0.1) is 10.00 Å². The fourth-order valence-corrected chi connectivity index (χ4v) is 6.42. The van der Waals surface area contributed by atoms with Crippen LogP contribution >= 0.6 is 23.4 Å². The lowest BCUT2D eigenvalue weighted by molar-refractivity contribution is 0.299. The summed E-state index contributed by atoms with van der Waals surface area (Å²) in [4.78, 5) is 6.64. The third-order valence-electron chi connectivity index (χ3n) is 5.54. The molecule has 3 aromatic rings. The maximum atomic E-state index is 6.32. The molecule has 5 heteroatoms. The van der Waals surface area contributed by atoms with Crippen LogP contribution in [0.25, 0.3) is 10.9 Å². The van der Waals surface area contributed by atoms with Gasteiger partial charge in [0, 0.05) is 53.6 Å². The van der Waals surface area contributed by atoms with Crippen LogP contribution in [-0.4, -0.2) is 28.0 Å². The van der Waals surface area contributed by atoms with Crippen LogP contribution in [0.2, 0.25) is 5.02 Å².